The average Bonchev–Trinajstić information content (AvgIpc) is 2.61. The van der Waals surface area contributed by atoms with Crippen LogP contribution in [0.1, 0.15) is 31.7 Å². The molecule has 1 heterocycles. The lowest BCUT2D eigenvalue weighted by atomic mass is 9.87. The van der Waals surface area contributed by atoms with Crippen molar-refractivity contribution < 1.29 is 9.84 Å². The minimum absolute atomic E-state index is 0.605. The molecule has 1 N–H and O–H groups in total. The fourth-order valence-corrected chi connectivity index (χ4v) is 3.16. The van der Waals surface area contributed by atoms with Crippen molar-refractivity contribution in [3.63, 3.8) is 0 Å². The first-order valence-electron chi connectivity index (χ1n) is 7.33. The van der Waals surface area contributed by atoms with Gasteiger partial charge in [-0.05, 0) is 56.1 Å². The Morgan fingerprint density at radius 2 is 2.15 bits per heavy atom. The van der Waals surface area contributed by atoms with Crippen LogP contribution in [-0.2, 0) is 6.42 Å². The summed E-state index contributed by atoms with van der Waals surface area (Å²) in [6, 6.07) is 5.59. The van der Waals surface area contributed by atoms with Gasteiger partial charge in [-0.15, -0.1) is 0 Å². The minimum Gasteiger partial charge on any atom is -0.496 e. The number of benzene rings is 1. The lowest BCUT2D eigenvalue weighted by molar-refractivity contribution is 0.0253. The van der Waals surface area contributed by atoms with Crippen LogP contribution < -0.4 is 4.74 Å². The van der Waals surface area contributed by atoms with Crippen LogP contribution in [0, 0.1) is 0 Å². The maximum atomic E-state index is 10.9. The molecule has 0 spiro atoms. The van der Waals surface area contributed by atoms with Gasteiger partial charge in [0.1, 0.15) is 5.75 Å². The van der Waals surface area contributed by atoms with Gasteiger partial charge in [-0.3, -0.25) is 0 Å². The van der Waals surface area contributed by atoms with Gasteiger partial charge in [0.05, 0.1) is 12.7 Å². The van der Waals surface area contributed by atoms with Crippen molar-refractivity contribution in [3.05, 3.63) is 28.8 Å². The van der Waals surface area contributed by atoms with E-state index >= 15 is 0 Å². The number of hydrogen-bond acceptors (Lipinski definition) is 3. The molecule has 3 nitrogen and oxygen atoms in total. The molecule has 4 heteroatoms. The first-order chi connectivity index (χ1) is 9.56. The van der Waals surface area contributed by atoms with Gasteiger partial charge < -0.3 is 14.7 Å². The molecular weight excluding hydrogens is 274 g/mol. The first kappa shape index (κ1) is 15.6. The summed E-state index contributed by atoms with van der Waals surface area (Å²) in [5, 5.41) is 11.6. The molecule has 1 aliphatic heterocycles. The lowest BCUT2D eigenvalue weighted by Gasteiger charge is -2.27. The van der Waals surface area contributed by atoms with E-state index in [1.807, 2.05) is 18.2 Å². The van der Waals surface area contributed by atoms with Gasteiger partial charge in [0, 0.05) is 18.0 Å². The quantitative estimate of drug-likeness (QED) is 0.927. The van der Waals surface area contributed by atoms with Crippen molar-refractivity contribution >= 4 is 11.6 Å². The van der Waals surface area contributed by atoms with E-state index in [0.29, 0.717) is 11.4 Å². The molecule has 112 valence electrons. The largest absolute Gasteiger partial charge is 0.496 e. The molecule has 0 radical (unpaired) electrons. The van der Waals surface area contributed by atoms with Crippen LogP contribution in [0.25, 0.3) is 0 Å². The molecule has 0 aromatic heterocycles. The Bertz CT molecular complexity index is 452. The molecule has 20 heavy (non-hydrogen) atoms. The van der Waals surface area contributed by atoms with Crippen molar-refractivity contribution in [1.29, 1.82) is 0 Å². The summed E-state index contributed by atoms with van der Waals surface area (Å²) in [5.41, 5.74) is 0.342. The number of halogens is 1. The standard InChI is InChI=1S/C16H24ClNO2/c1-3-18-9-4-7-16(19,8-10-18)12-13-11-14(17)5-6-15(13)20-2/h5-6,11,19H,3-4,7-10,12H2,1-2H3. The third-order valence-corrected chi connectivity index (χ3v) is 4.45. The van der Waals surface area contributed by atoms with Crippen molar-refractivity contribution in [2.75, 3.05) is 26.7 Å². The van der Waals surface area contributed by atoms with E-state index in [1.165, 1.54) is 0 Å². The molecule has 0 saturated carbocycles. The highest BCUT2D eigenvalue weighted by Gasteiger charge is 2.31. The van der Waals surface area contributed by atoms with Crippen LogP contribution in [0.2, 0.25) is 5.02 Å². The Morgan fingerprint density at radius 1 is 1.35 bits per heavy atom. The maximum absolute atomic E-state index is 10.9. The third kappa shape index (κ3) is 3.87. The van der Waals surface area contributed by atoms with E-state index in [1.54, 1.807) is 7.11 Å². The highest BCUT2D eigenvalue weighted by atomic mass is 35.5. The van der Waals surface area contributed by atoms with Gasteiger partial charge >= 0.3 is 0 Å². The predicted octanol–water partition coefficient (Wildman–Crippen LogP) is 3.13. The summed E-state index contributed by atoms with van der Waals surface area (Å²) in [4.78, 5) is 2.40. The van der Waals surface area contributed by atoms with Crippen LogP contribution in [0.4, 0.5) is 0 Å². The van der Waals surface area contributed by atoms with Crippen LogP contribution in [0.5, 0.6) is 5.75 Å². The fraction of sp³-hybridized carbons (Fsp3) is 0.625. The number of likely N-dealkylation sites (tertiary alicyclic amines) is 1. The molecule has 1 saturated heterocycles. The second kappa shape index (κ2) is 6.79. The Balaban J connectivity index is 2.13. The molecule has 0 bridgehead atoms. The van der Waals surface area contributed by atoms with Crippen molar-refractivity contribution in [3.8, 4) is 5.75 Å². The van der Waals surface area contributed by atoms with Gasteiger partial charge in [-0.25, -0.2) is 0 Å². The topological polar surface area (TPSA) is 32.7 Å². The molecule has 0 amide bonds. The van der Waals surface area contributed by atoms with Crippen LogP contribution in [0.3, 0.4) is 0 Å². The molecule has 0 aliphatic carbocycles. The third-order valence-electron chi connectivity index (χ3n) is 4.22. The van der Waals surface area contributed by atoms with Crippen LogP contribution in [0.15, 0.2) is 18.2 Å². The van der Waals surface area contributed by atoms with Gasteiger partial charge in [0.25, 0.3) is 0 Å². The van der Waals surface area contributed by atoms with Gasteiger partial charge in [0.15, 0.2) is 0 Å². The number of ether oxygens (including phenoxy) is 1. The van der Waals surface area contributed by atoms with Crippen molar-refractivity contribution in [2.24, 2.45) is 0 Å². The molecule has 1 unspecified atom stereocenters. The summed E-state index contributed by atoms with van der Waals surface area (Å²) in [6.45, 7) is 5.25. The van der Waals surface area contributed by atoms with Crippen molar-refractivity contribution in [2.45, 2.75) is 38.2 Å². The number of nitrogens with zero attached hydrogens (tertiary/aromatic N) is 1. The van der Waals surface area contributed by atoms with Crippen LogP contribution >= 0.6 is 11.6 Å². The summed E-state index contributed by atoms with van der Waals surface area (Å²) in [5.74, 6) is 0.805. The molecule has 1 atom stereocenters. The van der Waals surface area contributed by atoms with Gasteiger partial charge in [-0.1, -0.05) is 18.5 Å². The highest BCUT2D eigenvalue weighted by Crippen LogP contribution is 2.31. The molecule has 1 aliphatic rings. The first-order valence-corrected chi connectivity index (χ1v) is 7.71. The smallest absolute Gasteiger partial charge is 0.122 e. The number of aliphatic hydroxyl groups is 1. The van der Waals surface area contributed by atoms with E-state index in [-0.39, 0.29) is 0 Å². The monoisotopic (exact) mass is 297 g/mol. The average molecular weight is 298 g/mol. The Hall–Kier alpha value is -0.770. The predicted molar refractivity (Wildman–Crippen MR) is 82.6 cm³/mol. The van der Waals surface area contributed by atoms with Gasteiger partial charge in [-0.2, -0.15) is 0 Å². The Kier molecular flexibility index (Phi) is 5.30. The second-order valence-corrected chi connectivity index (χ2v) is 6.08. The second-order valence-electron chi connectivity index (χ2n) is 5.65. The molecule has 1 fully saturated rings. The van der Waals surface area contributed by atoms with E-state index in [0.717, 1.165) is 50.2 Å². The normalized spacial score (nSPS) is 24.4. The zero-order valence-electron chi connectivity index (χ0n) is 12.4. The number of methoxy groups -OCH3 is 1. The summed E-state index contributed by atoms with van der Waals surface area (Å²) < 4.78 is 5.38. The summed E-state index contributed by atoms with van der Waals surface area (Å²) in [7, 11) is 1.66. The number of hydrogen-bond donors (Lipinski definition) is 1. The van der Waals surface area contributed by atoms with E-state index in [9.17, 15) is 5.11 Å². The zero-order chi connectivity index (χ0) is 14.6. The SMILES string of the molecule is CCN1CCCC(O)(Cc2cc(Cl)ccc2OC)CC1. The number of rotatable bonds is 4. The lowest BCUT2D eigenvalue weighted by Crippen LogP contribution is -2.33. The minimum atomic E-state index is -0.651. The Labute approximate surface area is 126 Å². The summed E-state index contributed by atoms with van der Waals surface area (Å²) in [6.07, 6.45) is 3.27. The van der Waals surface area contributed by atoms with Crippen LogP contribution in [-0.4, -0.2) is 42.4 Å². The Morgan fingerprint density at radius 3 is 2.85 bits per heavy atom. The molecule has 1 aromatic carbocycles. The summed E-state index contributed by atoms with van der Waals surface area (Å²) >= 11 is 6.07. The van der Waals surface area contributed by atoms with E-state index < -0.39 is 5.60 Å². The van der Waals surface area contributed by atoms with E-state index in [2.05, 4.69) is 11.8 Å². The zero-order valence-corrected chi connectivity index (χ0v) is 13.1. The molecular formula is C16H24ClNO2. The molecule has 2 rings (SSSR count). The maximum Gasteiger partial charge on any atom is 0.122 e. The molecule has 1 aromatic rings. The highest BCUT2D eigenvalue weighted by molar-refractivity contribution is 6.30. The van der Waals surface area contributed by atoms with Crippen molar-refractivity contribution in [1.82, 2.24) is 4.90 Å². The fourth-order valence-electron chi connectivity index (χ4n) is 2.97. The van der Waals surface area contributed by atoms with Gasteiger partial charge in [0.2, 0.25) is 0 Å². The van der Waals surface area contributed by atoms with E-state index in [4.69, 9.17) is 16.3 Å².